The van der Waals surface area contributed by atoms with Gasteiger partial charge in [0, 0.05) is 22.7 Å². The van der Waals surface area contributed by atoms with Gasteiger partial charge in [0.1, 0.15) is 11.9 Å². The second-order valence-corrected chi connectivity index (χ2v) is 8.80. The molecule has 1 amide bonds. The molecular weight excluding hydrogens is 465 g/mol. The van der Waals surface area contributed by atoms with Crippen molar-refractivity contribution in [3.05, 3.63) is 112 Å². The number of hydrogen-bond acceptors (Lipinski definition) is 4. The third-order valence-corrected chi connectivity index (χ3v) is 6.19. The summed E-state index contributed by atoms with van der Waals surface area (Å²) in [6.07, 6.45) is 2.75. The van der Waals surface area contributed by atoms with Crippen molar-refractivity contribution in [2.24, 2.45) is 0 Å². The van der Waals surface area contributed by atoms with Crippen molar-refractivity contribution in [1.82, 2.24) is 14.8 Å². The number of amides is 1. The highest BCUT2D eigenvalue weighted by atomic mass is 35.5. The number of carbonyl (C=O) groups excluding carboxylic acids is 1. The monoisotopic (exact) mass is 487 g/mol. The molecule has 0 aliphatic carbocycles. The van der Waals surface area contributed by atoms with E-state index >= 15 is 0 Å². The highest BCUT2D eigenvalue weighted by molar-refractivity contribution is 6.31. The second kappa shape index (κ2) is 9.72. The molecule has 4 aromatic rings. The van der Waals surface area contributed by atoms with Crippen LogP contribution in [0.3, 0.4) is 0 Å². The molecule has 0 bridgehead atoms. The van der Waals surface area contributed by atoms with Crippen molar-refractivity contribution < 1.29 is 9.18 Å². The first-order valence-corrected chi connectivity index (χ1v) is 11.7. The lowest BCUT2D eigenvalue weighted by molar-refractivity contribution is -0.116. The summed E-state index contributed by atoms with van der Waals surface area (Å²) in [7, 11) is 0. The number of halogens is 2. The van der Waals surface area contributed by atoms with Gasteiger partial charge in [-0.25, -0.2) is 9.07 Å². The number of nitrogens with zero attached hydrogens (tertiary/aromatic N) is 3. The summed E-state index contributed by atoms with van der Waals surface area (Å²) in [6, 6.07) is 21.7. The van der Waals surface area contributed by atoms with Crippen LogP contribution in [-0.4, -0.2) is 20.7 Å². The number of allylic oxidation sites excluding steroid dienone is 1. The van der Waals surface area contributed by atoms with Gasteiger partial charge >= 0.3 is 0 Å². The molecule has 0 saturated carbocycles. The summed E-state index contributed by atoms with van der Waals surface area (Å²) < 4.78 is 16.5. The lowest BCUT2D eigenvalue weighted by Gasteiger charge is -2.25. The Balaban J connectivity index is 1.45. The Bertz CT molecular complexity index is 1380. The number of hydrogen-bond donors (Lipinski definition) is 2. The van der Waals surface area contributed by atoms with Gasteiger partial charge < -0.3 is 5.32 Å². The molecule has 2 heterocycles. The third-order valence-electron chi connectivity index (χ3n) is 5.86. The Labute approximate surface area is 207 Å². The zero-order chi connectivity index (χ0) is 24.4. The molecule has 0 saturated heterocycles. The van der Waals surface area contributed by atoms with Gasteiger partial charge in [-0.3, -0.25) is 10.1 Å². The molecule has 2 N–H and O–H groups in total. The number of rotatable bonds is 6. The molecule has 0 fully saturated rings. The van der Waals surface area contributed by atoms with Crippen molar-refractivity contribution in [3.8, 4) is 0 Å². The van der Waals surface area contributed by atoms with E-state index in [4.69, 9.17) is 11.6 Å². The minimum Gasteiger partial charge on any atom is -0.324 e. The quantitative estimate of drug-likeness (QED) is 0.349. The maximum absolute atomic E-state index is 14.9. The highest BCUT2D eigenvalue weighted by Gasteiger charge is 2.29. The van der Waals surface area contributed by atoms with Gasteiger partial charge in [0.15, 0.2) is 0 Å². The van der Waals surface area contributed by atoms with E-state index in [9.17, 15) is 9.18 Å². The second-order valence-electron chi connectivity index (χ2n) is 8.39. The van der Waals surface area contributed by atoms with Gasteiger partial charge in [-0.2, -0.15) is 4.98 Å². The topological polar surface area (TPSA) is 71.8 Å². The van der Waals surface area contributed by atoms with Crippen LogP contribution in [0.1, 0.15) is 34.7 Å². The molecule has 6 nitrogen and oxygen atoms in total. The normalized spacial score (nSPS) is 14.6. The highest BCUT2D eigenvalue weighted by Crippen LogP contribution is 2.37. The molecule has 176 valence electrons. The minimum absolute atomic E-state index is 0.140. The van der Waals surface area contributed by atoms with Crippen LogP contribution in [0.15, 0.2) is 78.9 Å². The Morgan fingerprint density at radius 3 is 2.60 bits per heavy atom. The number of fused-ring (bicyclic) bond motifs is 1. The van der Waals surface area contributed by atoms with E-state index in [0.717, 1.165) is 22.4 Å². The number of benzene rings is 3. The van der Waals surface area contributed by atoms with Gasteiger partial charge in [0.2, 0.25) is 11.9 Å². The van der Waals surface area contributed by atoms with Crippen LogP contribution in [0.4, 0.5) is 16.3 Å². The molecule has 5 rings (SSSR count). The summed E-state index contributed by atoms with van der Waals surface area (Å²) in [5, 5.41) is 10.8. The first kappa shape index (κ1) is 22.8. The van der Waals surface area contributed by atoms with Crippen LogP contribution in [0.2, 0.25) is 5.02 Å². The molecule has 0 radical (unpaired) electrons. The molecule has 0 unspecified atom stereocenters. The van der Waals surface area contributed by atoms with E-state index in [-0.39, 0.29) is 28.9 Å². The molecule has 1 aliphatic rings. The minimum atomic E-state index is -0.654. The van der Waals surface area contributed by atoms with Crippen molar-refractivity contribution >= 4 is 35.1 Å². The zero-order valence-electron chi connectivity index (χ0n) is 19.0. The summed E-state index contributed by atoms with van der Waals surface area (Å²) >= 11 is 6.41. The molecule has 0 spiro atoms. The molecule has 1 aromatic heterocycles. The van der Waals surface area contributed by atoms with Gasteiger partial charge in [-0.1, -0.05) is 77.8 Å². The summed E-state index contributed by atoms with van der Waals surface area (Å²) in [6.45, 7) is 2.01. The molecule has 1 aliphatic heterocycles. The lowest BCUT2D eigenvalue weighted by atomic mass is 10.0. The fourth-order valence-corrected chi connectivity index (χ4v) is 4.31. The van der Waals surface area contributed by atoms with E-state index in [2.05, 4.69) is 20.7 Å². The van der Waals surface area contributed by atoms with E-state index in [1.807, 2.05) is 67.6 Å². The predicted octanol–water partition coefficient (Wildman–Crippen LogP) is 6.01. The maximum atomic E-state index is 14.9. The summed E-state index contributed by atoms with van der Waals surface area (Å²) in [4.78, 5) is 17.0. The van der Waals surface area contributed by atoms with Crippen LogP contribution in [0, 0.1) is 12.7 Å². The van der Waals surface area contributed by atoms with Crippen LogP contribution < -0.4 is 10.6 Å². The number of aryl methyl sites for hydroxylation is 2. The number of aromatic nitrogens is 3. The lowest BCUT2D eigenvalue weighted by Crippen LogP contribution is -2.21. The maximum Gasteiger partial charge on any atom is 0.250 e. The van der Waals surface area contributed by atoms with Crippen LogP contribution in [0.25, 0.3) is 5.70 Å². The SMILES string of the molecule is Cc1ccc(C2=C[C@@H](c3c(F)cccc3Cl)n3nc(NC(=O)CCc4ccccc4)nc3N2)cc1. The molecule has 3 aromatic carbocycles. The first-order chi connectivity index (χ1) is 17.0. The Morgan fingerprint density at radius 1 is 1.09 bits per heavy atom. The predicted molar refractivity (Wildman–Crippen MR) is 136 cm³/mol. The average molecular weight is 488 g/mol. The summed E-state index contributed by atoms with van der Waals surface area (Å²) in [5.74, 6) is -0.130. The standard InChI is InChI=1S/C27H23ClFN5O/c1-17-10-13-19(14-11-17)22-16-23(25-20(28)8-5-9-21(25)29)34-27(30-22)32-26(33-34)31-24(35)15-12-18-6-3-2-4-7-18/h2-11,13-14,16,23H,12,15H2,1H3,(H2,30,31,32,33,35)/t23-/m0/s1. The average Bonchev–Trinajstić information content (AvgIpc) is 3.26. The van der Waals surface area contributed by atoms with Crippen LogP contribution in [0.5, 0.6) is 0 Å². The van der Waals surface area contributed by atoms with Gasteiger partial charge in [-0.15, -0.1) is 5.10 Å². The molecule has 8 heteroatoms. The van der Waals surface area contributed by atoms with Crippen LogP contribution >= 0.6 is 11.6 Å². The fraction of sp³-hybridized carbons (Fsp3) is 0.148. The fourth-order valence-electron chi connectivity index (χ4n) is 4.04. The van der Waals surface area contributed by atoms with E-state index in [1.54, 1.807) is 12.1 Å². The molecule has 1 atom stereocenters. The Morgan fingerprint density at radius 2 is 1.86 bits per heavy atom. The zero-order valence-corrected chi connectivity index (χ0v) is 19.8. The van der Waals surface area contributed by atoms with E-state index < -0.39 is 11.9 Å². The number of carbonyl (C=O) groups is 1. The number of anilines is 2. The largest absolute Gasteiger partial charge is 0.324 e. The Kier molecular flexibility index (Phi) is 6.33. The third kappa shape index (κ3) is 4.95. The van der Waals surface area contributed by atoms with Gasteiger partial charge in [-0.05, 0) is 42.7 Å². The smallest absolute Gasteiger partial charge is 0.250 e. The van der Waals surface area contributed by atoms with E-state index in [1.165, 1.54) is 10.7 Å². The first-order valence-electron chi connectivity index (χ1n) is 11.3. The van der Waals surface area contributed by atoms with Crippen molar-refractivity contribution in [2.75, 3.05) is 10.6 Å². The van der Waals surface area contributed by atoms with Gasteiger partial charge in [0.05, 0.1) is 0 Å². The van der Waals surface area contributed by atoms with Crippen molar-refractivity contribution in [3.63, 3.8) is 0 Å². The Hall–Kier alpha value is -3.97. The van der Waals surface area contributed by atoms with Crippen molar-refractivity contribution in [2.45, 2.75) is 25.8 Å². The summed E-state index contributed by atoms with van der Waals surface area (Å²) in [5.41, 5.74) is 4.14. The van der Waals surface area contributed by atoms with Gasteiger partial charge in [0.25, 0.3) is 5.95 Å². The van der Waals surface area contributed by atoms with E-state index in [0.29, 0.717) is 12.4 Å². The van der Waals surface area contributed by atoms with Crippen molar-refractivity contribution in [1.29, 1.82) is 0 Å². The van der Waals surface area contributed by atoms with Crippen LogP contribution in [-0.2, 0) is 11.2 Å². The molecule has 35 heavy (non-hydrogen) atoms. The number of nitrogens with one attached hydrogen (secondary N) is 2. The molecular formula is C27H23ClFN5O.